The second-order valence-electron chi connectivity index (χ2n) is 3.81. The quantitative estimate of drug-likeness (QED) is 0.784. The number of carbonyl (C=O) groups is 1. The summed E-state index contributed by atoms with van der Waals surface area (Å²) in [7, 11) is 0. The van der Waals surface area contributed by atoms with E-state index in [9.17, 15) is 4.79 Å². The lowest BCUT2D eigenvalue weighted by molar-refractivity contribution is 0.0919. The molecule has 0 unspecified atom stereocenters. The summed E-state index contributed by atoms with van der Waals surface area (Å²) in [5, 5.41) is 2.86. The zero-order chi connectivity index (χ0) is 10.8. The highest BCUT2D eigenvalue weighted by Crippen LogP contribution is 2.13. The molecule has 1 heterocycles. The van der Waals surface area contributed by atoms with Gasteiger partial charge in [0.25, 0.3) is 5.91 Å². The van der Waals surface area contributed by atoms with Crippen molar-refractivity contribution < 1.29 is 4.79 Å². The zero-order valence-electron chi connectivity index (χ0n) is 8.63. The molecule has 1 amide bonds. The standard InChI is InChI=1S/C9H15N3OS/c1-6-7(14-5-11-6)8(13)12-9(2,3)4-10/h5H,4,10H2,1-3H3,(H,12,13). The molecule has 0 bridgehead atoms. The molecule has 78 valence electrons. The number of hydrogen-bond acceptors (Lipinski definition) is 4. The summed E-state index contributed by atoms with van der Waals surface area (Å²) < 4.78 is 0. The van der Waals surface area contributed by atoms with Crippen LogP contribution in [0.1, 0.15) is 29.2 Å². The minimum Gasteiger partial charge on any atom is -0.345 e. The smallest absolute Gasteiger partial charge is 0.263 e. The molecule has 4 nitrogen and oxygen atoms in total. The fourth-order valence-electron chi connectivity index (χ4n) is 0.935. The maximum Gasteiger partial charge on any atom is 0.263 e. The Morgan fingerprint density at radius 2 is 2.36 bits per heavy atom. The van der Waals surface area contributed by atoms with Crippen LogP contribution in [0, 0.1) is 6.92 Å². The minimum absolute atomic E-state index is 0.0968. The number of nitrogens with one attached hydrogen (secondary N) is 1. The molecule has 1 rings (SSSR count). The number of hydrogen-bond donors (Lipinski definition) is 2. The van der Waals surface area contributed by atoms with Gasteiger partial charge in [0.1, 0.15) is 4.88 Å². The predicted molar refractivity (Wildman–Crippen MR) is 57.5 cm³/mol. The third-order valence-electron chi connectivity index (χ3n) is 1.91. The van der Waals surface area contributed by atoms with Gasteiger partial charge in [-0.3, -0.25) is 4.79 Å². The Labute approximate surface area is 87.5 Å². The van der Waals surface area contributed by atoms with Gasteiger partial charge in [0.05, 0.1) is 11.2 Å². The van der Waals surface area contributed by atoms with E-state index in [2.05, 4.69) is 10.3 Å². The highest BCUT2D eigenvalue weighted by Gasteiger charge is 2.21. The van der Waals surface area contributed by atoms with Crippen LogP contribution in [0.2, 0.25) is 0 Å². The van der Waals surface area contributed by atoms with Gasteiger partial charge in [0.2, 0.25) is 0 Å². The van der Waals surface area contributed by atoms with E-state index in [0.717, 1.165) is 5.69 Å². The fraction of sp³-hybridized carbons (Fsp3) is 0.556. The Morgan fingerprint density at radius 1 is 1.71 bits per heavy atom. The van der Waals surface area contributed by atoms with E-state index in [4.69, 9.17) is 5.73 Å². The van der Waals surface area contributed by atoms with E-state index in [0.29, 0.717) is 11.4 Å². The molecule has 0 saturated carbocycles. The molecule has 0 fully saturated rings. The third-order valence-corrected chi connectivity index (χ3v) is 2.84. The van der Waals surface area contributed by atoms with E-state index in [1.165, 1.54) is 11.3 Å². The normalized spacial score (nSPS) is 11.4. The van der Waals surface area contributed by atoms with E-state index in [1.807, 2.05) is 20.8 Å². The maximum absolute atomic E-state index is 11.7. The first-order valence-corrected chi connectivity index (χ1v) is 5.27. The fourth-order valence-corrected chi connectivity index (χ4v) is 1.63. The van der Waals surface area contributed by atoms with Crippen molar-refractivity contribution in [3.8, 4) is 0 Å². The molecule has 0 atom stereocenters. The van der Waals surface area contributed by atoms with Crippen LogP contribution in [0.5, 0.6) is 0 Å². The summed E-state index contributed by atoms with van der Waals surface area (Å²) >= 11 is 1.34. The first kappa shape index (κ1) is 11.1. The van der Waals surface area contributed by atoms with E-state index < -0.39 is 0 Å². The average Bonchev–Trinajstić information content (AvgIpc) is 2.51. The lowest BCUT2D eigenvalue weighted by Crippen LogP contribution is -2.48. The molecular weight excluding hydrogens is 198 g/mol. The number of rotatable bonds is 3. The molecule has 0 aliphatic rings. The largest absolute Gasteiger partial charge is 0.345 e. The SMILES string of the molecule is Cc1ncsc1C(=O)NC(C)(C)CN. The van der Waals surface area contributed by atoms with Crippen LogP contribution in [0.3, 0.4) is 0 Å². The van der Waals surface area contributed by atoms with Crippen molar-refractivity contribution in [2.24, 2.45) is 5.73 Å². The third kappa shape index (κ3) is 2.52. The molecule has 3 N–H and O–H groups in total. The van der Waals surface area contributed by atoms with Gasteiger partial charge in [-0.05, 0) is 20.8 Å². The molecule has 0 saturated heterocycles. The van der Waals surface area contributed by atoms with Crippen molar-refractivity contribution >= 4 is 17.2 Å². The number of amides is 1. The van der Waals surface area contributed by atoms with Crippen molar-refractivity contribution in [1.29, 1.82) is 0 Å². The van der Waals surface area contributed by atoms with E-state index in [1.54, 1.807) is 5.51 Å². The Bertz CT molecular complexity index is 333. The molecule has 5 heteroatoms. The summed E-state index contributed by atoms with van der Waals surface area (Å²) in [6, 6.07) is 0. The first-order valence-electron chi connectivity index (χ1n) is 4.39. The predicted octanol–water partition coefficient (Wildman–Crippen LogP) is 0.919. The summed E-state index contributed by atoms with van der Waals surface area (Å²) in [6.07, 6.45) is 0. The van der Waals surface area contributed by atoms with Crippen LogP contribution in [-0.2, 0) is 0 Å². The lowest BCUT2D eigenvalue weighted by Gasteiger charge is -2.23. The maximum atomic E-state index is 11.7. The second kappa shape index (κ2) is 4.06. The van der Waals surface area contributed by atoms with Crippen molar-refractivity contribution in [2.75, 3.05) is 6.54 Å². The number of thiazole rings is 1. The molecule has 0 radical (unpaired) electrons. The Morgan fingerprint density at radius 3 is 2.79 bits per heavy atom. The summed E-state index contributed by atoms with van der Waals surface area (Å²) in [6.45, 7) is 6.01. The summed E-state index contributed by atoms with van der Waals surface area (Å²) in [5.74, 6) is -0.0968. The molecule has 1 aromatic heterocycles. The van der Waals surface area contributed by atoms with Crippen LogP contribution in [0.15, 0.2) is 5.51 Å². The van der Waals surface area contributed by atoms with Gasteiger partial charge in [0.15, 0.2) is 0 Å². The zero-order valence-corrected chi connectivity index (χ0v) is 9.44. The molecule has 1 aromatic rings. The van der Waals surface area contributed by atoms with Crippen molar-refractivity contribution in [1.82, 2.24) is 10.3 Å². The van der Waals surface area contributed by atoms with E-state index >= 15 is 0 Å². The van der Waals surface area contributed by atoms with Gasteiger partial charge >= 0.3 is 0 Å². The van der Waals surface area contributed by atoms with Crippen LogP contribution in [0.4, 0.5) is 0 Å². The highest BCUT2D eigenvalue weighted by molar-refractivity contribution is 7.11. The number of nitrogens with zero attached hydrogens (tertiary/aromatic N) is 1. The summed E-state index contributed by atoms with van der Waals surface area (Å²) in [4.78, 5) is 16.4. The van der Waals surface area contributed by atoms with Gasteiger partial charge in [-0.15, -0.1) is 11.3 Å². The van der Waals surface area contributed by atoms with Gasteiger partial charge < -0.3 is 11.1 Å². The molecule has 0 aliphatic heterocycles. The van der Waals surface area contributed by atoms with Crippen LogP contribution >= 0.6 is 11.3 Å². The Hall–Kier alpha value is -0.940. The Balaban J connectivity index is 2.73. The number of aromatic nitrogens is 1. The average molecular weight is 213 g/mol. The lowest BCUT2D eigenvalue weighted by atomic mass is 10.1. The van der Waals surface area contributed by atoms with Gasteiger partial charge in [-0.1, -0.05) is 0 Å². The first-order chi connectivity index (χ1) is 6.46. The molecule has 0 aliphatic carbocycles. The van der Waals surface area contributed by atoms with Crippen LogP contribution in [0.25, 0.3) is 0 Å². The van der Waals surface area contributed by atoms with Gasteiger partial charge in [-0.2, -0.15) is 0 Å². The highest BCUT2D eigenvalue weighted by atomic mass is 32.1. The number of carbonyl (C=O) groups excluding carboxylic acids is 1. The monoisotopic (exact) mass is 213 g/mol. The van der Waals surface area contributed by atoms with Crippen LogP contribution < -0.4 is 11.1 Å². The second-order valence-corrected chi connectivity index (χ2v) is 4.66. The number of aryl methyl sites for hydroxylation is 1. The van der Waals surface area contributed by atoms with Crippen molar-refractivity contribution in [3.63, 3.8) is 0 Å². The van der Waals surface area contributed by atoms with Crippen molar-refractivity contribution in [3.05, 3.63) is 16.1 Å². The van der Waals surface area contributed by atoms with E-state index in [-0.39, 0.29) is 11.4 Å². The Kier molecular flexibility index (Phi) is 3.23. The summed E-state index contributed by atoms with van der Waals surface area (Å²) in [5.41, 5.74) is 7.58. The van der Waals surface area contributed by atoms with Gasteiger partial charge in [0, 0.05) is 12.1 Å². The molecular formula is C9H15N3OS. The molecule has 0 spiro atoms. The molecule has 14 heavy (non-hydrogen) atoms. The van der Waals surface area contributed by atoms with Crippen molar-refractivity contribution in [2.45, 2.75) is 26.3 Å². The molecule has 0 aromatic carbocycles. The van der Waals surface area contributed by atoms with Crippen LogP contribution in [-0.4, -0.2) is 23.0 Å². The topological polar surface area (TPSA) is 68.0 Å². The van der Waals surface area contributed by atoms with Gasteiger partial charge in [-0.25, -0.2) is 4.98 Å². The number of nitrogens with two attached hydrogens (primary N) is 1. The minimum atomic E-state index is -0.368.